The molecular formula is C19H22O2. The largest absolute Gasteiger partial charge is 0.493 e. The molecule has 110 valence electrons. The molecule has 2 aromatic carbocycles. The van der Waals surface area contributed by atoms with Crippen molar-refractivity contribution in [2.45, 2.75) is 38.2 Å². The van der Waals surface area contributed by atoms with Crippen LogP contribution in [0.3, 0.4) is 0 Å². The van der Waals surface area contributed by atoms with Gasteiger partial charge in [-0.2, -0.15) is 0 Å². The Morgan fingerprint density at radius 2 is 1.90 bits per heavy atom. The van der Waals surface area contributed by atoms with Crippen molar-refractivity contribution in [3.05, 3.63) is 65.2 Å². The summed E-state index contributed by atoms with van der Waals surface area (Å²) in [5.41, 5.74) is 3.10. The molecule has 0 aliphatic carbocycles. The quantitative estimate of drug-likeness (QED) is 0.909. The molecule has 1 aliphatic heterocycles. The summed E-state index contributed by atoms with van der Waals surface area (Å²) in [7, 11) is 0. The van der Waals surface area contributed by atoms with E-state index in [2.05, 4.69) is 30.3 Å². The fraction of sp³-hybridized carbons (Fsp3) is 0.368. The molecular weight excluding hydrogens is 260 g/mol. The Kier molecular flexibility index (Phi) is 3.98. The molecule has 3 rings (SSSR count). The van der Waals surface area contributed by atoms with Crippen LogP contribution in [0.25, 0.3) is 0 Å². The van der Waals surface area contributed by atoms with Crippen molar-refractivity contribution in [3.8, 4) is 5.75 Å². The van der Waals surface area contributed by atoms with Crippen molar-refractivity contribution in [2.24, 2.45) is 0 Å². The fourth-order valence-electron chi connectivity index (χ4n) is 2.93. The van der Waals surface area contributed by atoms with Crippen LogP contribution in [0.4, 0.5) is 0 Å². The molecule has 0 aromatic heterocycles. The highest BCUT2D eigenvalue weighted by Gasteiger charge is 2.21. The van der Waals surface area contributed by atoms with Gasteiger partial charge in [0, 0.05) is 12.8 Å². The van der Waals surface area contributed by atoms with Crippen LogP contribution in [0, 0.1) is 0 Å². The van der Waals surface area contributed by atoms with Crippen LogP contribution in [0.15, 0.2) is 48.5 Å². The summed E-state index contributed by atoms with van der Waals surface area (Å²) in [6, 6.07) is 16.6. The van der Waals surface area contributed by atoms with Crippen LogP contribution in [0.1, 0.15) is 30.0 Å². The van der Waals surface area contributed by atoms with Crippen LogP contribution >= 0.6 is 0 Å². The summed E-state index contributed by atoms with van der Waals surface area (Å²) in [5.74, 6) is 1.02. The first-order chi connectivity index (χ1) is 10.1. The summed E-state index contributed by atoms with van der Waals surface area (Å²) in [6.07, 6.45) is 3.36. The average molecular weight is 282 g/mol. The minimum absolute atomic E-state index is 0.670. The zero-order valence-corrected chi connectivity index (χ0v) is 12.5. The van der Waals surface area contributed by atoms with Crippen molar-refractivity contribution < 1.29 is 9.84 Å². The van der Waals surface area contributed by atoms with E-state index < -0.39 is 5.60 Å². The number of fused-ring (bicyclic) bond motifs is 1. The highest BCUT2D eigenvalue weighted by Crippen LogP contribution is 2.27. The van der Waals surface area contributed by atoms with E-state index >= 15 is 0 Å². The van der Waals surface area contributed by atoms with Crippen LogP contribution < -0.4 is 4.74 Å². The van der Waals surface area contributed by atoms with Crippen molar-refractivity contribution in [1.29, 1.82) is 0 Å². The molecule has 0 saturated carbocycles. The molecule has 0 fully saturated rings. The molecule has 0 radical (unpaired) electrons. The van der Waals surface area contributed by atoms with Gasteiger partial charge < -0.3 is 9.84 Å². The minimum Gasteiger partial charge on any atom is -0.493 e. The predicted molar refractivity (Wildman–Crippen MR) is 84.7 cm³/mol. The van der Waals surface area contributed by atoms with Gasteiger partial charge >= 0.3 is 0 Å². The maximum atomic E-state index is 10.6. The molecule has 2 nitrogen and oxygen atoms in total. The molecule has 0 bridgehead atoms. The zero-order valence-electron chi connectivity index (χ0n) is 12.5. The molecule has 1 aliphatic rings. The summed E-state index contributed by atoms with van der Waals surface area (Å²) in [6.45, 7) is 2.72. The van der Waals surface area contributed by atoms with Gasteiger partial charge in [-0.1, -0.05) is 42.5 Å². The Morgan fingerprint density at radius 1 is 1.10 bits per heavy atom. The second-order valence-electron chi connectivity index (χ2n) is 6.20. The van der Waals surface area contributed by atoms with E-state index in [1.54, 1.807) is 0 Å². The molecule has 0 spiro atoms. The number of hydrogen-bond donors (Lipinski definition) is 1. The van der Waals surface area contributed by atoms with Crippen LogP contribution in [-0.2, 0) is 19.3 Å². The number of hydrogen-bond acceptors (Lipinski definition) is 2. The van der Waals surface area contributed by atoms with Gasteiger partial charge in [0.25, 0.3) is 0 Å². The number of benzene rings is 2. The zero-order chi connectivity index (χ0) is 14.7. The topological polar surface area (TPSA) is 29.5 Å². The normalized spacial score (nSPS) is 16.1. The van der Waals surface area contributed by atoms with Gasteiger partial charge in [-0.15, -0.1) is 0 Å². The van der Waals surface area contributed by atoms with E-state index in [-0.39, 0.29) is 0 Å². The number of rotatable bonds is 5. The maximum Gasteiger partial charge on any atom is 0.122 e. The van der Waals surface area contributed by atoms with E-state index in [9.17, 15) is 5.11 Å². The Morgan fingerprint density at radius 3 is 2.71 bits per heavy atom. The highest BCUT2D eigenvalue weighted by molar-refractivity contribution is 5.39. The third-order valence-corrected chi connectivity index (χ3v) is 4.13. The molecule has 1 atom stereocenters. The van der Waals surface area contributed by atoms with Crippen molar-refractivity contribution >= 4 is 0 Å². The van der Waals surface area contributed by atoms with Gasteiger partial charge in [0.05, 0.1) is 12.2 Å². The second kappa shape index (κ2) is 5.90. The van der Waals surface area contributed by atoms with Crippen molar-refractivity contribution in [1.82, 2.24) is 0 Å². The first-order valence-electron chi connectivity index (χ1n) is 7.63. The van der Waals surface area contributed by atoms with Gasteiger partial charge in [-0.3, -0.25) is 0 Å². The first kappa shape index (κ1) is 14.2. The monoisotopic (exact) mass is 282 g/mol. The molecule has 0 saturated heterocycles. The second-order valence-corrected chi connectivity index (χ2v) is 6.20. The van der Waals surface area contributed by atoms with Gasteiger partial charge in [0.2, 0.25) is 0 Å². The summed E-state index contributed by atoms with van der Waals surface area (Å²) in [5, 5.41) is 10.6. The molecule has 21 heavy (non-hydrogen) atoms. The Labute approximate surface area is 126 Å². The maximum absolute atomic E-state index is 10.6. The molecule has 1 unspecified atom stereocenters. The van der Waals surface area contributed by atoms with E-state index in [0.717, 1.165) is 31.6 Å². The number of aliphatic hydroxyl groups is 1. The molecule has 2 heteroatoms. The van der Waals surface area contributed by atoms with E-state index in [0.29, 0.717) is 6.42 Å². The van der Waals surface area contributed by atoms with E-state index in [4.69, 9.17) is 4.74 Å². The first-order valence-corrected chi connectivity index (χ1v) is 7.63. The molecule has 2 aromatic rings. The van der Waals surface area contributed by atoms with Gasteiger partial charge in [-0.25, -0.2) is 0 Å². The van der Waals surface area contributed by atoms with Crippen LogP contribution in [-0.4, -0.2) is 17.3 Å². The Hall–Kier alpha value is -1.80. The standard InChI is InChI=1S/C19H22O2/c1-19(20,14-16-5-3-2-4-6-16)11-9-15-7-8-18-17(13-15)10-12-21-18/h2-8,13,20H,9-12,14H2,1H3. The summed E-state index contributed by atoms with van der Waals surface area (Å²) < 4.78 is 5.53. The summed E-state index contributed by atoms with van der Waals surface area (Å²) >= 11 is 0. The van der Waals surface area contributed by atoms with Crippen LogP contribution in [0.2, 0.25) is 0 Å². The summed E-state index contributed by atoms with van der Waals surface area (Å²) in [4.78, 5) is 0. The SMILES string of the molecule is CC(O)(CCc1ccc2c(c1)CCO2)Cc1ccccc1. The molecule has 0 amide bonds. The number of aryl methyl sites for hydroxylation is 1. The minimum atomic E-state index is -0.670. The molecule has 1 N–H and O–H groups in total. The van der Waals surface area contributed by atoms with E-state index in [1.807, 2.05) is 25.1 Å². The van der Waals surface area contributed by atoms with Gasteiger partial charge in [-0.05, 0) is 42.5 Å². The Balaban J connectivity index is 1.61. The fourth-order valence-corrected chi connectivity index (χ4v) is 2.93. The lowest BCUT2D eigenvalue weighted by Crippen LogP contribution is -2.27. The molecule has 1 heterocycles. The average Bonchev–Trinajstić information content (AvgIpc) is 2.93. The van der Waals surface area contributed by atoms with E-state index in [1.165, 1.54) is 16.7 Å². The Bertz CT molecular complexity index is 602. The number of ether oxygens (including phenoxy) is 1. The lowest BCUT2D eigenvalue weighted by Gasteiger charge is -2.23. The smallest absolute Gasteiger partial charge is 0.122 e. The third-order valence-electron chi connectivity index (χ3n) is 4.13. The van der Waals surface area contributed by atoms with Crippen molar-refractivity contribution in [2.75, 3.05) is 6.61 Å². The lowest BCUT2D eigenvalue weighted by molar-refractivity contribution is 0.0516. The van der Waals surface area contributed by atoms with Gasteiger partial charge in [0.1, 0.15) is 5.75 Å². The third kappa shape index (κ3) is 3.64. The highest BCUT2D eigenvalue weighted by atomic mass is 16.5. The lowest BCUT2D eigenvalue weighted by atomic mass is 9.90. The van der Waals surface area contributed by atoms with Crippen molar-refractivity contribution in [3.63, 3.8) is 0 Å². The van der Waals surface area contributed by atoms with Gasteiger partial charge in [0.15, 0.2) is 0 Å². The van der Waals surface area contributed by atoms with Crippen LogP contribution in [0.5, 0.6) is 5.75 Å². The predicted octanol–water partition coefficient (Wildman–Crippen LogP) is 3.55.